The van der Waals surface area contributed by atoms with Crippen molar-refractivity contribution in [3.63, 3.8) is 0 Å². The number of hydrogen-bond donors (Lipinski definition) is 5. The van der Waals surface area contributed by atoms with Gasteiger partial charge in [0.05, 0.1) is 30.5 Å². The van der Waals surface area contributed by atoms with E-state index in [-0.39, 0.29) is 6.61 Å². The zero-order valence-corrected chi connectivity index (χ0v) is 10.0. The predicted octanol–water partition coefficient (Wildman–Crippen LogP) is -1.96. The molecule has 0 spiro atoms. The molecule has 0 unspecified atom stereocenters. The predicted molar refractivity (Wildman–Crippen MR) is 66.2 cm³/mol. The van der Waals surface area contributed by atoms with Gasteiger partial charge in [-0.25, -0.2) is 9.50 Å². The van der Waals surface area contributed by atoms with Crippen molar-refractivity contribution in [2.75, 3.05) is 12.3 Å². The lowest BCUT2D eigenvalue weighted by molar-refractivity contribution is 0.0189. The molecule has 2 aromatic heterocycles. The van der Waals surface area contributed by atoms with E-state index in [1.807, 2.05) is 0 Å². The van der Waals surface area contributed by atoms with Crippen LogP contribution in [-0.2, 0) is 0 Å². The monoisotopic (exact) mass is 265 g/mol. The van der Waals surface area contributed by atoms with Gasteiger partial charge in [-0.3, -0.25) is 5.32 Å². The van der Waals surface area contributed by atoms with Crippen molar-refractivity contribution in [3.05, 3.63) is 24.2 Å². The first-order valence-corrected chi connectivity index (χ1v) is 5.94. The normalized spacial score (nSPS) is 31.1. The Bertz CT molecular complexity index is 601. The van der Waals surface area contributed by atoms with Crippen molar-refractivity contribution in [1.82, 2.24) is 19.9 Å². The van der Waals surface area contributed by atoms with Crippen molar-refractivity contribution < 1.29 is 15.3 Å². The highest BCUT2D eigenvalue weighted by Crippen LogP contribution is 2.29. The Morgan fingerprint density at radius 3 is 2.79 bits per heavy atom. The fourth-order valence-electron chi connectivity index (χ4n) is 2.49. The molecule has 1 saturated heterocycles. The molecule has 1 aliphatic heterocycles. The van der Waals surface area contributed by atoms with Gasteiger partial charge in [-0.2, -0.15) is 5.10 Å². The Balaban J connectivity index is 2.04. The molecule has 1 fully saturated rings. The van der Waals surface area contributed by atoms with Crippen molar-refractivity contribution >= 4 is 11.3 Å². The Morgan fingerprint density at radius 2 is 2.11 bits per heavy atom. The summed E-state index contributed by atoms with van der Waals surface area (Å²) in [6, 6.07) is 2.42. The summed E-state index contributed by atoms with van der Waals surface area (Å²) in [7, 11) is 0. The van der Waals surface area contributed by atoms with Gasteiger partial charge in [0.1, 0.15) is 17.9 Å². The lowest BCUT2D eigenvalue weighted by atomic mass is 10.1. The standard InChI is InChI=1S/C11H15N5O3/c12-11-7-2-1-6(16(7)14-4-13-11)8-10(19)9(18)5(3-17)15-8/h1-2,4-5,8-10,15,17-19H,3H2,(H2,12,13,14)/t5-,8+,9-,10+/m1/s1. The second kappa shape index (κ2) is 4.42. The molecule has 3 rings (SSSR count). The number of nitrogens with two attached hydrogens (primary N) is 1. The number of rotatable bonds is 2. The van der Waals surface area contributed by atoms with E-state index >= 15 is 0 Å². The number of fused-ring (bicyclic) bond motifs is 1. The van der Waals surface area contributed by atoms with Crippen LogP contribution in [0.25, 0.3) is 5.52 Å². The number of hydrogen-bond acceptors (Lipinski definition) is 7. The zero-order chi connectivity index (χ0) is 13.6. The van der Waals surface area contributed by atoms with Crippen molar-refractivity contribution in [3.8, 4) is 0 Å². The summed E-state index contributed by atoms with van der Waals surface area (Å²) in [5.74, 6) is 0.341. The van der Waals surface area contributed by atoms with Gasteiger partial charge in [0, 0.05) is 0 Å². The molecule has 102 valence electrons. The van der Waals surface area contributed by atoms with Gasteiger partial charge >= 0.3 is 0 Å². The van der Waals surface area contributed by atoms with Crippen LogP contribution in [-0.4, -0.2) is 54.8 Å². The molecule has 3 heterocycles. The van der Waals surface area contributed by atoms with E-state index < -0.39 is 24.3 Å². The molecule has 0 aromatic carbocycles. The molecule has 0 saturated carbocycles. The molecule has 19 heavy (non-hydrogen) atoms. The third-order valence-electron chi connectivity index (χ3n) is 3.52. The van der Waals surface area contributed by atoms with Crippen LogP contribution in [0.15, 0.2) is 18.5 Å². The summed E-state index contributed by atoms with van der Waals surface area (Å²) in [5.41, 5.74) is 7.03. The van der Waals surface area contributed by atoms with Crippen LogP contribution >= 0.6 is 0 Å². The average molecular weight is 265 g/mol. The Labute approximate surface area is 108 Å². The largest absolute Gasteiger partial charge is 0.395 e. The molecular weight excluding hydrogens is 250 g/mol. The SMILES string of the molecule is Nc1ncnn2c([C@@H]3N[C@H](CO)[C@@H](O)[C@H]3O)ccc12. The number of aliphatic hydroxyl groups is 3. The van der Waals surface area contributed by atoms with E-state index in [2.05, 4.69) is 15.4 Å². The van der Waals surface area contributed by atoms with Gasteiger partial charge in [0.15, 0.2) is 5.82 Å². The van der Waals surface area contributed by atoms with Crippen molar-refractivity contribution in [1.29, 1.82) is 0 Å². The lowest BCUT2D eigenvalue weighted by Gasteiger charge is -2.15. The Hall–Kier alpha value is -1.74. The van der Waals surface area contributed by atoms with Gasteiger partial charge in [-0.1, -0.05) is 0 Å². The van der Waals surface area contributed by atoms with Gasteiger partial charge in [-0.05, 0) is 12.1 Å². The maximum absolute atomic E-state index is 10.0. The molecule has 4 atom stereocenters. The summed E-state index contributed by atoms with van der Waals surface area (Å²) in [4.78, 5) is 3.89. The number of nitrogens with one attached hydrogen (secondary N) is 1. The number of aliphatic hydroxyl groups excluding tert-OH is 3. The quantitative estimate of drug-likeness (QED) is 0.426. The number of anilines is 1. The van der Waals surface area contributed by atoms with Gasteiger partial charge in [0.25, 0.3) is 0 Å². The minimum Gasteiger partial charge on any atom is -0.395 e. The van der Waals surface area contributed by atoms with Crippen LogP contribution in [0.3, 0.4) is 0 Å². The Morgan fingerprint density at radius 1 is 1.32 bits per heavy atom. The van der Waals surface area contributed by atoms with Crippen molar-refractivity contribution in [2.45, 2.75) is 24.3 Å². The highest BCUT2D eigenvalue weighted by atomic mass is 16.3. The number of aromatic nitrogens is 3. The van der Waals surface area contributed by atoms with Crippen LogP contribution < -0.4 is 11.1 Å². The van der Waals surface area contributed by atoms with E-state index in [9.17, 15) is 10.2 Å². The molecule has 2 aromatic rings. The van der Waals surface area contributed by atoms with Crippen LogP contribution in [0.2, 0.25) is 0 Å². The maximum atomic E-state index is 10.0. The molecule has 0 amide bonds. The van der Waals surface area contributed by atoms with E-state index in [0.29, 0.717) is 17.0 Å². The summed E-state index contributed by atoms with van der Waals surface area (Å²) >= 11 is 0. The smallest absolute Gasteiger partial charge is 0.151 e. The van der Waals surface area contributed by atoms with Gasteiger partial charge < -0.3 is 21.1 Å². The third-order valence-corrected chi connectivity index (χ3v) is 3.52. The highest BCUT2D eigenvalue weighted by Gasteiger charge is 2.42. The van der Waals surface area contributed by atoms with E-state index in [4.69, 9.17) is 10.8 Å². The first-order valence-electron chi connectivity index (χ1n) is 5.94. The van der Waals surface area contributed by atoms with E-state index in [0.717, 1.165) is 0 Å². The van der Waals surface area contributed by atoms with E-state index in [1.165, 1.54) is 6.33 Å². The first-order chi connectivity index (χ1) is 9.13. The fraction of sp³-hybridized carbons (Fsp3) is 0.455. The first kappa shape index (κ1) is 12.3. The topological polar surface area (TPSA) is 129 Å². The van der Waals surface area contributed by atoms with Gasteiger partial charge in [0.2, 0.25) is 0 Å². The highest BCUT2D eigenvalue weighted by molar-refractivity contribution is 5.65. The third kappa shape index (κ3) is 1.77. The summed E-state index contributed by atoms with van der Waals surface area (Å²) in [6.45, 7) is -0.255. The zero-order valence-electron chi connectivity index (χ0n) is 10.0. The summed E-state index contributed by atoms with van der Waals surface area (Å²) in [5, 5.41) is 36.1. The van der Waals surface area contributed by atoms with Gasteiger partial charge in [-0.15, -0.1) is 0 Å². The fourth-order valence-corrected chi connectivity index (χ4v) is 2.49. The molecule has 0 radical (unpaired) electrons. The summed E-state index contributed by atoms with van der Waals surface area (Å²) < 4.78 is 1.57. The molecule has 0 aliphatic carbocycles. The molecule has 0 bridgehead atoms. The van der Waals surface area contributed by atoms with Crippen LogP contribution in [0.5, 0.6) is 0 Å². The molecule has 1 aliphatic rings. The van der Waals surface area contributed by atoms with E-state index in [1.54, 1.807) is 16.6 Å². The molecule has 8 heteroatoms. The number of nitrogens with zero attached hydrogens (tertiary/aromatic N) is 3. The molecule has 8 nitrogen and oxygen atoms in total. The maximum Gasteiger partial charge on any atom is 0.151 e. The number of nitrogen functional groups attached to an aromatic ring is 1. The second-order valence-electron chi connectivity index (χ2n) is 4.62. The van der Waals surface area contributed by atoms with Crippen molar-refractivity contribution in [2.24, 2.45) is 0 Å². The van der Waals surface area contributed by atoms with Crippen LogP contribution in [0.1, 0.15) is 11.7 Å². The minimum absolute atomic E-state index is 0.255. The van der Waals surface area contributed by atoms with Crippen LogP contribution in [0, 0.1) is 0 Å². The minimum atomic E-state index is -1.03. The van der Waals surface area contributed by atoms with Crippen LogP contribution in [0.4, 0.5) is 5.82 Å². The molecule has 6 N–H and O–H groups in total. The average Bonchev–Trinajstić information content (AvgIpc) is 2.94. The Kier molecular flexibility index (Phi) is 2.86. The second-order valence-corrected chi connectivity index (χ2v) is 4.62. The summed E-state index contributed by atoms with van der Waals surface area (Å²) in [6.07, 6.45) is -0.723. The lowest BCUT2D eigenvalue weighted by Crippen LogP contribution is -2.35. The molecular formula is C11H15N5O3.